The van der Waals surface area contributed by atoms with E-state index in [0.29, 0.717) is 0 Å². The van der Waals surface area contributed by atoms with Gasteiger partial charge in [0.25, 0.3) is 0 Å². The van der Waals surface area contributed by atoms with Gasteiger partial charge in [0.2, 0.25) is 17.7 Å². The van der Waals surface area contributed by atoms with Crippen LogP contribution < -0.4 is 10.6 Å². The van der Waals surface area contributed by atoms with Gasteiger partial charge in [0.1, 0.15) is 11.6 Å². The standard InChI is InChI=1S/C24H33N3O4/c28-21(25-15-10-11-15)18-17-12-13-24(31-17)19(18)23(30)27(16-8-4-5-9-16)20(24)22(29)26-14-6-2-1-3-7-14/h12-20H,1-11H2,(H,25,28)(H,26,29)/t17-,18+,19-,20+,24-/m1/s1. The van der Waals surface area contributed by atoms with Crippen LogP contribution in [0.25, 0.3) is 0 Å². The molecule has 31 heavy (non-hydrogen) atoms. The molecule has 0 aromatic carbocycles. The minimum atomic E-state index is -1.01. The first-order valence-corrected chi connectivity index (χ1v) is 12.4. The molecule has 3 saturated carbocycles. The normalized spacial score (nSPS) is 39.9. The second-order valence-electron chi connectivity index (χ2n) is 10.5. The largest absolute Gasteiger partial charge is 0.359 e. The Balaban J connectivity index is 1.33. The van der Waals surface area contributed by atoms with Crippen molar-refractivity contribution in [3.63, 3.8) is 0 Å². The molecule has 5 atom stereocenters. The molecule has 3 aliphatic carbocycles. The van der Waals surface area contributed by atoms with Crippen LogP contribution in [0.3, 0.4) is 0 Å². The molecule has 3 aliphatic heterocycles. The molecule has 7 heteroatoms. The maximum Gasteiger partial charge on any atom is 0.246 e. The Bertz CT molecular complexity index is 812. The lowest BCUT2D eigenvalue weighted by atomic mass is 9.74. The molecular formula is C24H33N3O4. The third-order valence-corrected chi connectivity index (χ3v) is 8.46. The lowest BCUT2D eigenvalue weighted by Crippen LogP contribution is -2.58. The van der Waals surface area contributed by atoms with Crippen molar-refractivity contribution in [2.75, 3.05) is 0 Å². The summed E-state index contributed by atoms with van der Waals surface area (Å²) in [4.78, 5) is 42.5. The van der Waals surface area contributed by atoms with Gasteiger partial charge in [0.05, 0.1) is 17.9 Å². The van der Waals surface area contributed by atoms with E-state index >= 15 is 0 Å². The van der Waals surface area contributed by atoms with E-state index in [-0.39, 0.29) is 35.8 Å². The minimum Gasteiger partial charge on any atom is -0.359 e. The minimum absolute atomic E-state index is 0.0570. The molecule has 7 nitrogen and oxygen atoms in total. The average molecular weight is 428 g/mol. The van der Waals surface area contributed by atoms with E-state index in [9.17, 15) is 14.4 Å². The highest BCUT2D eigenvalue weighted by Gasteiger charge is 2.73. The van der Waals surface area contributed by atoms with E-state index in [0.717, 1.165) is 64.2 Å². The monoisotopic (exact) mass is 427 g/mol. The number of fused-ring (bicyclic) bond motifs is 1. The lowest BCUT2D eigenvalue weighted by Gasteiger charge is -2.36. The first-order valence-electron chi connectivity index (χ1n) is 12.4. The highest BCUT2D eigenvalue weighted by atomic mass is 16.5. The number of rotatable bonds is 5. The summed E-state index contributed by atoms with van der Waals surface area (Å²) in [5.41, 5.74) is -1.01. The molecule has 0 radical (unpaired) electrons. The van der Waals surface area contributed by atoms with Gasteiger partial charge in [0.15, 0.2) is 0 Å². The van der Waals surface area contributed by atoms with Crippen LogP contribution in [0.1, 0.15) is 70.6 Å². The smallest absolute Gasteiger partial charge is 0.246 e. The number of carbonyl (C=O) groups excluding carboxylic acids is 3. The van der Waals surface area contributed by atoms with Crippen molar-refractivity contribution in [3.05, 3.63) is 12.2 Å². The molecule has 2 bridgehead atoms. The summed E-state index contributed by atoms with van der Waals surface area (Å²) >= 11 is 0. The van der Waals surface area contributed by atoms with Crippen LogP contribution in [0.5, 0.6) is 0 Å². The van der Waals surface area contributed by atoms with Crippen LogP contribution in [0.2, 0.25) is 0 Å². The summed E-state index contributed by atoms with van der Waals surface area (Å²) in [7, 11) is 0. The molecule has 1 spiro atoms. The molecule has 2 N–H and O–H groups in total. The molecule has 0 aromatic rings. The summed E-state index contributed by atoms with van der Waals surface area (Å²) in [5.74, 6) is -1.36. The molecule has 3 amide bonds. The van der Waals surface area contributed by atoms with E-state index in [4.69, 9.17) is 4.74 Å². The van der Waals surface area contributed by atoms with Crippen molar-refractivity contribution in [1.29, 1.82) is 0 Å². The molecule has 6 aliphatic rings. The highest BCUT2D eigenvalue weighted by molar-refractivity contribution is 6.00. The predicted octanol–water partition coefficient (Wildman–Crippen LogP) is 1.81. The zero-order valence-corrected chi connectivity index (χ0v) is 18.1. The van der Waals surface area contributed by atoms with Crippen LogP contribution in [-0.4, -0.2) is 58.5 Å². The Morgan fingerprint density at radius 1 is 0.903 bits per heavy atom. The van der Waals surface area contributed by atoms with Crippen LogP contribution in [0.15, 0.2) is 12.2 Å². The van der Waals surface area contributed by atoms with E-state index in [1.165, 1.54) is 6.42 Å². The van der Waals surface area contributed by atoms with Crippen molar-refractivity contribution in [1.82, 2.24) is 15.5 Å². The first kappa shape index (κ1) is 19.8. The van der Waals surface area contributed by atoms with Crippen molar-refractivity contribution >= 4 is 17.7 Å². The fraction of sp³-hybridized carbons (Fsp3) is 0.792. The summed E-state index contributed by atoms with van der Waals surface area (Å²) in [6.07, 6.45) is 14.9. The second-order valence-corrected chi connectivity index (χ2v) is 10.5. The molecule has 0 aromatic heterocycles. The number of carbonyl (C=O) groups is 3. The Morgan fingerprint density at radius 3 is 2.26 bits per heavy atom. The number of hydrogen-bond acceptors (Lipinski definition) is 4. The van der Waals surface area contributed by atoms with Gasteiger partial charge in [0, 0.05) is 18.1 Å². The van der Waals surface area contributed by atoms with Crippen LogP contribution >= 0.6 is 0 Å². The van der Waals surface area contributed by atoms with Crippen LogP contribution in [-0.2, 0) is 19.1 Å². The average Bonchev–Trinajstić information content (AvgIpc) is 3.14. The molecular weight excluding hydrogens is 394 g/mol. The lowest BCUT2D eigenvalue weighted by molar-refractivity contribution is -0.144. The number of hydrogen-bond donors (Lipinski definition) is 2. The molecule has 5 fully saturated rings. The molecule has 6 rings (SSSR count). The van der Waals surface area contributed by atoms with Crippen molar-refractivity contribution in [2.24, 2.45) is 11.8 Å². The van der Waals surface area contributed by atoms with Gasteiger partial charge < -0.3 is 20.3 Å². The van der Waals surface area contributed by atoms with Gasteiger partial charge >= 0.3 is 0 Å². The summed E-state index contributed by atoms with van der Waals surface area (Å²) < 4.78 is 6.41. The Morgan fingerprint density at radius 2 is 1.55 bits per heavy atom. The molecule has 0 unspecified atom stereocenters. The number of ether oxygens (including phenoxy) is 1. The zero-order valence-electron chi connectivity index (χ0n) is 18.1. The van der Waals surface area contributed by atoms with Crippen LogP contribution in [0.4, 0.5) is 0 Å². The van der Waals surface area contributed by atoms with Gasteiger partial charge in [-0.25, -0.2) is 0 Å². The van der Waals surface area contributed by atoms with Gasteiger partial charge in [-0.15, -0.1) is 0 Å². The molecule has 168 valence electrons. The summed E-state index contributed by atoms with van der Waals surface area (Å²) in [6.45, 7) is 0. The highest BCUT2D eigenvalue weighted by Crippen LogP contribution is 2.56. The Kier molecular flexibility index (Phi) is 4.67. The van der Waals surface area contributed by atoms with Gasteiger partial charge in [-0.3, -0.25) is 14.4 Å². The predicted molar refractivity (Wildman–Crippen MR) is 113 cm³/mol. The van der Waals surface area contributed by atoms with Gasteiger partial charge in [-0.2, -0.15) is 0 Å². The maximum absolute atomic E-state index is 13.8. The summed E-state index contributed by atoms with van der Waals surface area (Å²) in [6, 6.07) is -0.194. The summed E-state index contributed by atoms with van der Waals surface area (Å²) in [5, 5.41) is 6.34. The van der Waals surface area contributed by atoms with Crippen molar-refractivity contribution in [2.45, 2.75) is 107 Å². The SMILES string of the molecule is O=C(NC1CC1)[C@H]1[C@H]2C=C[C@]3(O2)[C@H](C(=O)NC2CCCCC2)N(C2CCCC2)C(=O)[C@@H]13. The molecule has 2 saturated heterocycles. The second kappa shape index (κ2) is 7.32. The maximum atomic E-state index is 13.8. The van der Waals surface area contributed by atoms with Gasteiger partial charge in [-0.1, -0.05) is 44.3 Å². The van der Waals surface area contributed by atoms with Gasteiger partial charge in [-0.05, 0) is 38.5 Å². The third kappa shape index (κ3) is 3.06. The van der Waals surface area contributed by atoms with E-state index in [1.54, 1.807) is 0 Å². The topological polar surface area (TPSA) is 87.7 Å². The van der Waals surface area contributed by atoms with Crippen molar-refractivity contribution in [3.8, 4) is 0 Å². The fourth-order valence-corrected chi connectivity index (χ4v) is 6.83. The number of amides is 3. The van der Waals surface area contributed by atoms with Crippen LogP contribution in [0, 0.1) is 11.8 Å². The number of likely N-dealkylation sites (tertiary alicyclic amines) is 1. The Hall–Kier alpha value is -1.89. The van der Waals surface area contributed by atoms with E-state index < -0.39 is 29.6 Å². The van der Waals surface area contributed by atoms with E-state index in [1.807, 2.05) is 17.1 Å². The fourth-order valence-electron chi connectivity index (χ4n) is 6.83. The molecule has 3 heterocycles. The number of nitrogens with zero attached hydrogens (tertiary/aromatic N) is 1. The third-order valence-electron chi connectivity index (χ3n) is 8.46. The van der Waals surface area contributed by atoms with Crippen molar-refractivity contribution < 1.29 is 19.1 Å². The zero-order chi connectivity index (χ0) is 21.2. The number of nitrogens with one attached hydrogen (secondary N) is 2. The quantitative estimate of drug-likeness (QED) is 0.655. The Labute approximate surface area is 183 Å². The first-order chi connectivity index (χ1) is 15.1. The van der Waals surface area contributed by atoms with E-state index in [2.05, 4.69) is 10.6 Å².